The first-order chi connectivity index (χ1) is 5.52. The van der Waals surface area contributed by atoms with E-state index in [1.54, 1.807) is 6.92 Å². The van der Waals surface area contributed by atoms with Crippen molar-refractivity contribution in [1.82, 2.24) is 0 Å². The summed E-state index contributed by atoms with van der Waals surface area (Å²) >= 11 is 0. The number of rotatable bonds is 6. The molecule has 1 atom stereocenters. The second-order valence-corrected chi connectivity index (χ2v) is 2.47. The molecule has 3 nitrogen and oxygen atoms in total. The first-order valence-corrected chi connectivity index (χ1v) is 3.64. The Morgan fingerprint density at radius 3 is 2.58 bits per heavy atom. The van der Waals surface area contributed by atoms with E-state index in [1.807, 2.05) is 0 Å². The molecule has 0 aromatic rings. The lowest BCUT2D eigenvalue weighted by atomic mass is 10.2. The van der Waals surface area contributed by atoms with Gasteiger partial charge in [0.25, 0.3) is 6.43 Å². The zero-order chi connectivity index (χ0) is 9.56. The molecule has 0 saturated heterocycles. The molecule has 0 saturated carbocycles. The Morgan fingerprint density at radius 1 is 1.58 bits per heavy atom. The Balaban J connectivity index is 3.33. The first-order valence-electron chi connectivity index (χ1n) is 3.64. The van der Waals surface area contributed by atoms with E-state index in [2.05, 4.69) is 4.74 Å². The Labute approximate surface area is 69.3 Å². The molecule has 0 aromatic heterocycles. The van der Waals surface area contributed by atoms with E-state index in [0.717, 1.165) is 0 Å². The van der Waals surface area contributed by atoms with Gasteiger partial charge >= 0.3 is 5.97 Å². The normalized spacial score (nSPS) is 13.3. The maximum Gasteiger partial charge on any atom is 0.303 e. The number of halogens is 2. The molecule has 0 radical (unpaired) electrons. The van der Waals surface area contributed by atoms with Crippen molar-refractivity contribution in [2.24, 2.45) is 0 Å². The number of hydrogen-bond acceptors (Lipinski definition) is 2. The van der Waals surface area contributed by atoms with Crippen molar-refractivity contribution in [3.05, 3.63) is 0 Å². The van der Waals surface area contributed by atoms with Crippen LogP contribution in [-0.2, 0) is 9.53 Å². The van der Waals surface area contributed by atoms with Gasteiger partial charge in [-0.25, -0.2) is 8.78 Å². The summed E-state index contributed by atoms with van der Waals surface area (Å²) in [5.41, 5.74) is 0. The van der Waals surface area contributed by atoms with Gasteiger partial charge in [0.2, 0.25) is 0 Å². The molecule has 0 aliphatic rings. The van der Waals surface area contributed by atoms with Crippen LogP contribution in [0, 0.1) is 0 Å². The van der Waals surface area contributed by atoms with Crippen LogP contribution < -0.4 is 0 Å². The number of hydrogen-bond donors (Lipinski definition) is 1. The minimum Gasteiger partial charge on any atom is -0.481 e. The highest BCUT2D eigenvalue weighted by molar-refractivity contribution is 5.66. The minimum atomic E-state index is -2.49. The lowest BCUT2D eigenvalue weighted by Crippen LogP contribution is -2.15. The van der Waals surface area contributed by atoms with Crippen LogP contribution in [0.4, 0.5) is 8.78 Å². The molecule has 1 unspecified atom stereocenters. The average Bonchev–Trinajstić information content (AvgIpc) is 1.96. The lowest BCUT2D eigenvalue weighted by molar-refractivity contribution is -0.137. The monoisotopic (exact) mass is 182 g/mol. The molecular formula is C7H12F2O3. The third-order valence-electron chi connectivity index (χ3n) is 1.27. The molecule has 0 aliphatic carbocycles. The average molecular weight is 182 g/mol. The standard InChI is InChI=1S/C7H12F2O3/c1-5(2-3-7(10)11)12-4-6(8)9/h5-6H,2-4H2,1H3,(H,10,11). The molecule has 0 bridgehead atoms. The lowest BCUT2D eigenvalue weighted by Gasteiger charge is -2.10. The smallest absolute Gasteiger partial charge is 0.303 e. The summed E-state index contributed by atoms with van der Waals surface area (Å²) in [5.74, 6) is -0.942. The molecule has 0 fully saturated rings. The van der Waals surface area contributed by atoms with E-state index in [-0.39, 0.29) is 12.8 Å². The molecule has 0 aliphatic heterocycles. The van der Waals surface area contributed by atoms with Crippen LogP contribution in [0.5, 0.6) is 0 Å². The van der Waals surface area contributed by atoms with E-state index in [0.29, 0.717) is 0 Å². The number of ether oxygens (including phenoxy) is 1. The molecule has 0 rings (SSSR count). The molecule has 0 aromatic carbocycles. The molecular weight excluding hydrogens is 170 g/mol. The SMILES string of the molecule is CC(CCC(=O)O)OCC(F)F. The van der Waals surface area contributed by atoms with E-state index in [4.69, 9.17) is 5.11 Å². The predicted molar refractivity (Wildman–Crippen MR) is 38.3 cm³/mol. The summed E-state index contributed by atoms with van der Waals surface area (Å²) in [6, 6.07) is 0. The number of carboxylic acid groups (broad SMARTS) is 1. The van der Waals surface area contributed by atoms with Crippen LogP contribution in [0.2, 0.25) is 0 Å². The van der Waals surface area contributed by atoms with E-state index < -0.39 is 25.1 Å². The molecule has 0 spiro atoms. The summed E-state index contributed by atoms with van der Waals surface area (Å²) in [6.07, 6.45) is -2.70. The van der Waals surface area contributed by atoms with Gasteiger partial charge in [0.15, 0.2) is 0 Å². The fourth-order valence-corrected chi connectivity index (χ4v) is 0.647. The second-order valence-electron chi connectivity index (χ2n) is 2.47. The summed E-state index contributed by atoms with van der Waals surface area (Å²) < 4.78 is 27.7. The third kappa shape index (κ3) is 7.40. The maximum atomic E-state index is 11.6. The molecule has 0 heterocycles. The second kappa shape index (κ2) is 5.88. The molecule has 12 heavy (non-hydrogen) atoms. The van der Waals surface area contributed by atoms with Crippen molar-refractivity contribution >= 4 is 5.97 Å². The highest BCUT2D eigenvalue weighted by atomic mass is 19.3. The topological polar surface area (TPSA) is 46.5 Å². The van der Waals surface area contributed by atoms with Crippen molar-refractivity contribution in [3.8, 4) is 0 Å². The number of aliphatic carboxylic acids is 1. The van der Waals surface area contributed by atoms with Crippen molar-refractivity contribution < 1.29 is 23.4 Å². The third-order valence-corrected chi connectivity index (χ3v) is 1.27. The molecule has 72 valence electrons. The minimum absolute atomic E-state index is 0.0512. The van der Waals surface area contributed by atoms with Gasteiger partial charge in [0.1, 0.15) is 6.61 Å². The largest absolute Gasteiger partial charge is 0.481 e. The summed E-state index contributed by atoms with van der Waals surface area (Å²) in [5, 5.41) is 8.24. The van der Waals surface area contributed by atoms with Crippen LogP contribution >= 0.6 is 0 Å². The predicted octanol–water partition coefficient (Wildman–Crippen LogP) is 1.52. The van der Waals surface area contributed by atoms with Gasteiger partial charge in [-0.05, 0) is 13.3 Å². The van der Waals surface area contributed by atoms with Crippen LogP contribution in [0.1, 0.15) is 19.8 Å². The van der Waals surface area contributed by atoms with Crippen molar-refractivity contribution in [2.45, 2.75) is 32.3 Å². The Kier molecular flexibility index (Phi) is 5.53. The van der Waals surface area contributed by atoms with Crippen molar-refractivity contribution in [3.63, 3.8) is 0 Å². The number of carboxylic acids is 1. The zero-order valence-corrected chi connectivity index (χ0v) is 6.80. The molecule has 0 amide bonds. The van der Waals surface area contributed by atoms with Gasteiger partial charge in [-0.2, -0.15) is 0 Å². The molecule has 5 heteroatoms. The number of alkyl halides is 2. The van der Waals surface area contributed by atoms with E-state index in [1.165, 1.54) is 0 Å². The number of carbonyl (C=O) groups is 1. The highest BCUT2D eigenvalue weighted by Crippen LogP contribution is 2.03. The highest BCUT2D eigenvalue weighted by Gasteiger charge is 2.08. The maximum absolute atomic E-state index is 11.6. The van der Waals surface area contributed by atoms with E-state index in [9.17, 15) is 13.6 Å². The Morgan fingerprint density at radius 2 is 2.17 bits per heavy atom. The Hall–Kier alpha value is -0.710. The van der Waals surface area contributed by atoms with Crippen molar-refractivity contribution in [2.75, 3.05) is 6.61 Å². The fraction of sp³-hybridized carbons (Fsp3) is 0.857. The van der Waals surface area contributed by atoms with Crippen LogP contribution in [-0.4, -0.2) is 30.2 Å². The van der Waals surface area contributed by atoms with Gasteiger partial charge in [-0.15, -0.1) is 0 Å². The van der Waals surface area contributed by atoms with Crippen molar-refractivity contribution in [1.29, 1.82) is 0 Å². The zero-order valence-electron chi connectivity index (χ0n) is 6.80. The van der Waals surface area contributed by atoms with Gasteiger partial charge in [0.05, 0.1) is 6.10 Å². The van der Waals surface area contributed by atoms with E-state index >= 15 is 0 Å². The molecule has 1 N–H and O–H groups in total. The Bertz CT molecular complexity index is 139. The van der Waals surface area contributed by atoms with Gasteiger partial charge in [0, 0.05) is 6.42 Å². The fourth-order valence-electron chi connectivity index (χ4n) is 0.647. The summed E-state index contributed by atoms with van der Waals surface area (Å²) in [4.78, 5) is 10.0. The van der Waals surface area contributed by atoms with Crippen LogP contribution in [0.3, 0.4) is 0 Å². The van der Waals surface area contributed by atoms with Crippen LogP contribution in [0.25, 0.3) is 0 Å². The first kappa shape index (κ1) is 11.3. The summed E-state index contributed by atoms with van der Waals surface area (Å²) in [7, 11) is 0. The van der Waals surface area contributed by atoms with Gasteiger partial charge in [-0.1, -0.05) is 0 Å². The van der Waals surface area contributed by atoms with Gasteiger partial charge < -0.3 is 9.84 Å². The summed E-state index contributed by atoms with van der Waals surface area (Å²) in [6.45, 7) is 0.951. The van der Waals surface area contributed by atoms with Crippen LogP contribution in [0.15, 0.2) is 0 Å². The quantitative estimate of drug-likeness (QED) is 0.677. The van der Waals surface area contributed by atoms with Gasteiger partial charge in [-0.3, -0.25) is 4.79 Å².